The van der Waals surface area contributed by atoms with Crippen LogP contribution in [0.25, 0.3) is 0 Å². The molecular formula is C7H20Pt. The van der Waals surface area contributed by atoms with E-state index in [4.69, 9.17) is 0 Å². The van der Waals surface area contributed by atoms with E-state index in [0.29, 0.717) is 0 Å². The monoisotopic (exact) mass is 299 g/mol. The van der Waals surface area contributed by atoms with E-state index in [9.17, 15) is 0 Å². The van der Waals surface area contributed by atoms with Gasteiger partial charge in [-0.15, -0.1) is 0 Å². The Labute approximate surface area is 71.3 Å². The standard InChI is InChI=1S/C3H8.4CH3.Pt/c1-3-2;;;;;/h3H2,1-2H3;4*1H3;/q;4*-1;+4. The van der Waals surface area contributed by atoms with Crippen molar-refractivity contribution >= 4 is 0 Å². The Morgan fingerprint density at radius 3 is 0.750 bits per heavy atom. The second-order valence-electron chi connectivity index (χ2n) is 0.707. The van der Waals surface area contributed by atoms with E-state index >= 15 is 0 Å². The van der Waals surface area contributed by atoms with Crippen LogP contribution in [0.4, 0.5) is 0 Å². The third-order valence-electron chi connectivity index (χ3n) is 0. The van der Waals surface area contributed by atoms with Gasteiger partial charge in [-0.1, -0.05) is 20.3 Å². The van der Waals surface area contributed by atoms with Crippen LogP contribution in [0.3, 0.4) is 0 Å². The number of rotatable bonds is 0. The van der Waals surface area contributed by atoms with Crippen LogP contribution in [-0.2, 0) is 21.1 Å². The van der Waals surface area contributed by atoms with E-state index in [0.717, 1.165) is 0 Å². The average molecular weight is 299 g/mol. The second kappa shape index (κ2) is 121. The fraction of sp³-hybridized carbons (Fsp3) is 0.429. The Balaban J connectivity index is -0.00000000200. The summed E-state index contributed by atoms with van der Waals surface area (Å²) in [5, 5.41) is 0. The topological polar surface area (TPSA) is 0 Å². The molecule has 0 radical (unpaired) electrons. The molecule has 58 valence electrons. The second-order valence-corrected chi connectivity index (χ2v) is 0.707. The zero-order valence-electron chi connectivity index (χ0n) is 7.02. The molecule has 0 rings (SSSR count). The molecule has 0 amide bonds. The molecule has 1 heteroatoms. The van der Waals surface area contributed by atoms with Crippen molar-refractivity contribution in [3.05, 3.63) is 29.7 Å². The van der Waals surface area contributed by atoms with E-state index in [-0.39, 0.29) is 50.8 Å². The van der Waals surface area contributed by atoms with Gasteiger partial charge in [0.25, 0.3) is 0 Å². The third-order valence-corrected chi connectivity index (χ3v) is 0. The van der Waals surface area contributed by atoms with Crippen molar-refractivity contribution in [1.29, 1.82) is 0 Å². The van der Waals surface area contributed by atoms with Crippen molar-refractivity contribution in [2.75, 3.05) is 0 Å². The van der Waals surface area contributed by atoms with Gasteiger partial charge in [0, 0.05) is 0 Å². The molecule has 0 unspecified atom stereocenters. The third kappa shape index (κ3) is 457. The predicted molar refractivity (Wildman–Crippen MR) is 41.6 cm³/mol. The Morgan fingerprint density at radius 1 is 0.750 bits per heavy atom. The van der Waals surface area contributed by atoms with Crippen molar-refractivity contribution < 1.29 is 21.1 Å². The number of hydrogen-bond acceptors (Lipinski definition) is 0. The SMILES string of the molecule is CCC.[CH3-].[CH3-].[CH3-].[CH3-].[Pt+4]. The molecule has 0 saturated heterocycles. The molecule has 0 atom stereocenters. The van der Waals surface area contributed by atoms with E-state index in [2.05, 4.69) is 13.8 Å². The first kappa shape index (κ1) is 71.1. The maximum Gasteiger partial charge on any atom is 4.00 e. The van der Waals surface area contributed by atoms with Crippen molar-refractivity contribution in [3.8, 4) is 0 Å². The molecule has 0 saturated carbocycles. The zero-order valence-corrected chi connectivity index (χ0v) is 9.30. The summed E-state index contributed by atoms with van der Waals surface area (Å²) in [6.07, 6.45) is 1.25. The molecule has 8 heavy (non-hydrogen) atoms. The summed E-state index contributed by atoms with van der Waals surface area (Å²) in [6.45, 7) is 4.25. The summed E-state index contributed by atoms with van der Waals surface area (Å²) in [6, 6.07) is 0. The predicted octanol–water partition coefficient (Wildman–Crippen LogP) is 3.21. The first-order valence-electron chi connectivity index (χ1n) is 1.41. The summed E-state index contributed by atoms with van der Waals surface area (Å²) in [4.78, 5) is 0. The zero-order chi connectivity index (χ0) is 2.71. The molecule has 0 spiro atoms. The Hall–Kier alpha value is 0.688. The Morgan fingerprint density at radius 2 is 0.750 bits per heavy atom. The summed E-state index contributed by atoms with van der Waals surface area (Å²) in [7, 11) is 0. The van der Waals surface area contributed by atoms with Crippen LogP contribution in [0.15, 0.2) is 0 Å². The Kier molecular flexibility index (Phi) is 1070. The minimum atomic E-state index is 0. The molecule has 0 nitrogen and oxygen atoms in total. The smallest absolute Gasteiger partial charge is 0.358 e. The van der Waals surface area contributed by atoms with Crippen LogP contribution in [-0.4, -0.2) is 0 Å². The van der Waals surface area contributed by atoms with Crippen molar-refractivity contribution in [2.45, 2.75) is 20.3 Å². The van der Waals surface area contributed by atoms with E-state index in [1.165, 1.54) is 6.42 Å². The minimum Gasteiger partial charge on any atom is -0.358 e. The van der Waals surface area contributed by atoms with Gasteiger partial charge in [-0.3, -0.25) is 0 Å². The van der Waals surface area contributed by atoms with Crippen LogP contribution in [0.5, 0.6) is 0 Å². The molecule has 0 aliphatic heterocycles. The number of hydrogen-bond donors (Lipinski definition) is 0. The van der Waals surface area contributed by atoms with Gasteiger partial charge in [-0.25, -0.2) is 0 Å². The molecule has 0 bridgehead atoms. The van der Waals surface area contributed by atoms with Crippen LogP contribution in [0.2, 0.25) is 0 Å². The largest absolute Gasteiger partial charge is 4.00 e. The van der Waals surface area contributed by atoms with Crippen molar-refractivity contribution in [1.82, 2.24) is 0 Å². The maximum absolute atomic E-state index is 2.12. The van der Waals surface area contributed by atoms with Crippen LogP contribution in [0.1, 0.15) is 20.3 Å². The maximum atomic E-state index is 2.12. The summed E-state index contributed by atoms with van der Waals surface area (Å²) in [5.41, 5.74) is 0. The average Bonchev–Trinajstić information content (AvgIpc) is 0.918. The minimum absolute atomic E-state index is 0. The normalized spacial score (nSPS) is 2.25. The van der Waals surface area contributed by atoms with E-state index < -0.39 is 0 Å². The van der Waals surface area contributed by atoms with Gasteiger partial charge in [0.15, 0.2) is 0 Å². The molecule has 0 heterocycles. The van der Waals surface area contributed by atoms with E-state index in [1.807, 2.05) is 0 Å². The van der Waals surface area contributed by atoms with Gasteiger partial charge in [0.1, 0.15) is 0 Å². The molecule has 0 N–H and O–H groups in total. The molecule has 0 aromatic carbocycles. The molecular weight excluding hydrogens is 279 g/mol. The van der Waals surface area contributed by atoms with Crippen LogP contribution in [0, 0.1) is 29.7 Å². The molecule has 0 aliphatic carbocycles. The van der Waals surface area contributed by atoms with Gasteiger partial charge >= 0.3 is 21.1 Å². The summed E-state index contributed by atoms with van der Waals surface area (Å²) in [5.74, 6) is 0. The fourth-order valence-corrected chi connectivity index (χ4v) is 0. The van der Waals surface area contributed by atoms with Gasteiger partial charge in [0.05, 0.1) is 0 Å². The molecule has 0 fully saturated rings. The first-order valence-corrected chi connectivity index (χ1v) is 1.41. The molecule has 0 aromatic heterocycles. The summed E-state index contributed by atoms with van der Waals surface area (Å²) < 4.78 is 0. The fourth-order valence-electron chi connectivity index (χ4n) is 0. The van der Waals surface area contributed by atoms with Gasteiger partial charge in [-0.2, -0.15) is 0 Å². The van der Waals surface area contributed by atoms with Crippen LogP contribution < -0.4 is 0 Å². The summed E-state index contributed by atoms with van der Waals surface area (Å²) >= 11 is 0. The molecule has 0 aliphatic rings. The van der Waals surface area contributed by atoms with Crippen molar-refractivity contribution in [2.24, 2.45) is 0 Å². The van der Waals surface area contributed by atoms with Gasteiger partial charge in [-0.05, 0) is 0 Å². The van der Waals surface area contributed by atoms with Crippen molar-refractivity contribution in [3.63, 3.8) is 0 Å². The first-order chi connectivity index (χ1) is 1.41. The van der Waals surface area contributed by atoms with Gasteiger partial charge < -0.3 is 29.7 Å². The quantitative estimate of drug-likeness (QED) is 0.603. The van der Waals surface area contributed by atoms with E-state index in [1.54, 1.807) is 0 Å². The molecule has 0 aromatic rings. The van der Waals surface area contributed by atoms with Crippen LogP contribution >= 0.6 is 0 Å². The Bertz CT molecular complexity index is 4.35. The van der Waals surface area contributed by atoms with Gasteiger partial charge in [0.2, 0.25) is 0 Å².